The molecule has 2 aromatic rings. The van der Waals surface area contributed by atoms with Crippen molar-refractivity contribution in [3.63, 3.8) is 0 Å². The summed E-state index contributed by atoms with van der Waals surface area (Å²) in [4.78, 5) is 16.4. The minimum atomic E-state index is 0.0643. The van der Waals surface area contributed by atoms with E-state index in [0.29, 0.717) is 12.1 Å². The van der Waals surface area contributed by atoms with Crippen LogP contribution in [0.1, 0.15) is 51.1 Å². The van der Waals surface area contributed by atoms with Gasteiger partial charge in [-0.25, -0.2) is 0 Å². The summed E-state index contributed by atoms with van der Waals surface area (Å²) in [6.07, 6.45) is 6.32. The molecule has 0 fully saturated rings. The summed E-state index contributed by atoms with van der Waals surface area (Å²) in [5, 5.41) is 3.83. The highest BCUT2D eigenvalue weighted by atomic mass is 16.1. The topological polar surface area (TPSA) is 68.0 Å². The molecule has 1 aromatic carbocycles. The van der Waals surface area contributed by atoms with E-state index in [9.17, 15) is 4.79 Å². The van der Waals surface area contributed by atoms with Gasteiger partial charge in [0, 0.05) is 28.9 Å². The van der Waals surface area contributed by atoms with Crippen LogP contribution in [-0.4, -0.2) is 10.9 Å². The number of carbonyl (C=O) groups is 1. The Hall–Kier alpha value is -2.10. The van der Waals surface area contributed by atoms with Crippen LogP contribution in [0.4, 0.5) is 11.4 Å². The molecule has 0 saturated carbocycles. The molecule has 118 valence electrons. The third-order valence-corrected chi connectivity index (χ3v) is 3.76. The Kier molecular flexibility index (Phi) is 5.75. The van der Waals surface area contributed by atoms with E-state index in [2.05, 4.69) is 17.2 Å². The van der Waals surface area contributed by atoms with Crippen LogP contribution in [0.25, 0.3) is 10.9 Å². The molecule has 1 heterocycles. The number of amides is 1. The maximum absolute atomic E-state index is 12.0. The Bertz CT molecular complexity index is 652. The van der Waals surface area contributed by atoms with Gasteiger partial charge in [0.05, 0.1) is 5.52 Å². The molecule has 0 aliphatic carbocycles. The molecule has 4 nitrogen and oxygen atoms in total. The molecule has 0 aliphatic heterocycles. The molecule has 1 amide bonds. The minimum Gasteiger partial charge on any atom is -0.398 e. The second-order valence-electron chi connectivity index (χ2n) is 5.80. The summed E-state index contributed by atoms with van der Waals surface area (Å²) in [5.74, 6) is 0.0643. The van der Waals surface area contributed by atoms with E-state index < -0.39 is 0 Å². The van der Waals surface area contributed by atoms with Crippen molar-refractivity contribution in [3.8, 4) is 0 Å². The van der Waals surface area contributed by atoms with Gasteiger partial charge < -0.3 is 11.1 Å². The molecular weight excluding hydrogens is 274 g/mol. The van der Waals surface area contributed by atoms with E-state index >= 15 is 0 Å². The Morgan fingerprint density at radius 1 is 1.18 bits per heavy atom. The summed E-state index contributed by atoms with van der Waals surface area (Å²) in [7, 11) is 0. The van der Waals surface area contributed by atoms with Gasteiger partial charge in [0.1, 0.15) is 0 Å². The lowest BCUT2D eigenvalue weighted by atomic mass is 10.1. The van der Waals surface area contributed by atoms with Crippen LogP contribution in [0, 0.1) is 6.92 Å². The largest absolute Gasteiger partial charge is 0.398 e. The second-order valence-corrected chi connectivity index (χ2v) is 5.80. The first-order chi connectivity index (χ1) is 10.6. The van der Waals surface area contributed by atoms with Crippen LogP contribution in [0.3, 0.4) is 0 Å². The fraction of sp³-hybridized carbons (Fsp3) is 0.444. The van der Waals surface area contributed by atoms with Gasteiger partial charge in [0.2, 0.25) is 5.91 Å². The summed E-state index contributed by atoms with van der Waals surface area (Å²) in [6, 6.07) is 7.52. The maximum atomic E-state index is 12.0. The number of unbranched alkanes of at least 4 members (excludes halogenated alkanes) is 4. The zero-order chi connectivity index (χ0) is 15.9. The molecule has 0 saturated heterocycles. The molecule has 3 N–H and O–H groups in total. The SMILES string of the molecule is CCCCCCCC(=O)Nc1ccc2nc(C)cc(N)c2c1. The van der Waals surface area contributed by atoms with E-state index in [-0.39, 0.29) is 5.91 Å². The molecule has 0 bridgehead atoms. The number of anilines is 2. The number of nitrogens with two attached hydrogens (primary N) is 1. The Balaban J connectivity index is 1.95. The van der Waals surface area contributed by atoms with Crippen molar-refractivity contribution in [1.29, 1.82) is 0 Å². The highest BCUT2D eigenvalue weighted by Gasteiger charge is 2.06. The number of hydrogen-bond donors (Lipinski definition) is 2. The number of nitrogens with one attached hydrogen (secondary N) is 1. The monoisotopic (exact) mass is 299 g/mol. The number of nitrogen functional groups attached to an aromatic ring is 1. The van der Waals surface area contributed by atoms with Crippen molar-refractivity contribution >= 4 is 28.2 Å². The van der Waals surface area contributed by atoms with Crippen molar-refractivity contribution in [2.24, 2.45) is 0 Å². The van der Waals surface area contributed by atoms with Crippen LogP contribution in [0.2, 0.25) is 0 Å². The third kappa shape index (κ3) is 4.45. The van der Waals surface area contributed by atoms with Crippen molar-refractivity contribution in [2.45, 2.75) is 52.4 Å². The highest BCUT2D eigenvalue weighted by Crippen LogP contribution is 2.24. The zero-order valence-corrected chi connectivity index (χ0v) is 13.5. The summed E-state index contributed by atoms with van der Waals surface area (Å²) in [6.45, 7) is 4.11. The number of benzene rings is 1. The molecule has 0 aliphatic rings. The van der Waals surface area contributed by atoms with Crippen molar-refractivity contribution in [1.82, 2.24) is 4.98 Å². The lowest BCUT2D eigenvalue weighted by Crippen LogP contribution is -2.11. The quantitative estimate of drug-likeness (QED) is 0.743. The number of rotatable bonds is 7. The Morgan fingerprint density at radius 2 is 1.95 bits per heavy atom. The maximum Gasteiger partial charge on any atom is 0.224 e. The first-order valence-corrected chi connectivity index (χ1v) is 8.07. The minimum absolute atomic E-state index is 0.0643. The predicted molar refractivity (Wildman–Crippen MR) is 92.9 cm³/mol. The second kappa shape index (κ2) is 7.78. The molecule has 2 rings (SSSR count). The number of hydrogen-bond acceptors (Lipinski definition) is 3. The van der Waals surface area contributed by atoms with Gasteiger partial charge in [-0.1, -0.05) is 32.6 Å². The van der Waals surface area contributed by atoms with E-state index in [4.69, 9.17) is 5.73 Å². The van der Waals surface area contributed by atoms with E-state index in [1.165, 1.54) is 19.3 Å². The smallest absolute Gasteiger partial charge is 0.224 e. The van der Waals surface area contributed by atoms with Crippen LogP contribution in [0.15, 0.2) is 24.3 Å². The molecule has 22 heavy (non-hydrogen) atoms. The molecule has 0 radical (unpaired) electrons. The lowest BCUT2D eigenvalue weighted by Gasteiger charge is -2.08. The Morgan fingerprint density at radius 3 is 2.73 bits per heavy atom. The fourth-order valence-electron chi connectivity index (χ4n) is 2.58. The molecule has 0 unspecified atom stereocenters. The molecule has 0 atom stereocenters. The summed E-state index contributed by atoms with van der Waals surface area (Å²) in [5.41, 5.74) is 9.26. The number of fused-ring (bicyclic) bond motifs is 1. The molecular formula is C18H25N3O. The van der Waals surface area contributed by atoms with Crippen molar-refractivity contribution < 1.29 is 4.79 Å². The van der Waals surface area contributed by atoms with E-state index in [1.807, 2.05) is 31.2 Å². The van der Waals surface area contributed by atoms with Gasteiger partial charge in [0.15, 0.2) is 0 Å². The van der Waals surface area contributed by atoms with Gasteiger partial charge in [0.25, 0.3) is 0 Å². The van der Waals surface area contributed by atoms with Crippen LogP contribution in [0.5, 0.6) is 0 Å². The van der Waals surface area contributed by atoms with Gasteiger partial charge in [-0.3, -0.25) is 9.78 Å². The van der Waals surface area contributed by atoms with Gasteiger partial charge >= 0.3 is 0 Å². The van der Waals surface area contributed by atoms with Crippen molar-refractivity contribution in [3.05, 3.63) is 30.0 Å². The van der Waals surface area contributed by atoms with E-state index in [0.717, 1.165) is 35.1 Å². The highest BCUT2D eigenvalue weighted by molar-refractivity contribution is 5.97. The Labute approximate surface area is 132 Å². The van der Waals surface area contributed by atoms with E-state index in [1.54, 1.807) is 0 Å². The van der Waals surface area contributed by atoms with Gasteiger partial charge in [-0.05, 0) is 37.6 Å². The molecule has 0 spiro atoms. The third-order valence-electron chi connectivity index (χ3n) is 3.76. The molecule has 1 aromatic heterocycles. The summed E-state index contributed by atoms with van der Waals surface area (Å²) < 4.78 is 0. The summed E-state index contributed by atoms with van der Waals surface area (Å²) >= 11 is 0. The van der Waals surface area contributed by atoms with Crippen LogP contribution >= 0.6 is 0 Å². The van der Waals surface area contributed by atoms with Crippen molar-refractivity contribution in [2.75, 3.05) is 11.1 Å². The lowest BCUT2D eigenvalue weighted by molar-refractivity contribution is -0.116. The average molecular weight is 299 g/mol. The number of aromatic nitrogens is 1. The normalized spacial score (nSPS) is 10.8. The predicted octanol–water partition coefficient (Wildman–Crippen LogP) is 4.42. The van der Waals surface area contributed by atoms with Crippen LogP contribution in [-0.2, 0) is 4.79 Å². The molecule has 4 heteroatoms. The number of aryl methyl sites for hydroxylation is 1. The first kappa shape index (κ1) is 16.3. The fourth-order valence-corrected chi connectivity index (χ4v) is 2.58. The number of carbonyl (C=O) groups excluding carboxylic acids is 1. The zero-order valence-electron chi connectivity index (χ0n) is 13.5. The van der Waals surface area contributed by atoms with Gasteiger partial charge in [-0.15, -0.1) is 0 Å². The van der Waals surface area contributed by atoms with Gasteiger partial charge in [-0.2, -0.15) is 0 Å². The standard InChI is InChI=1S/C18H25N3O/c1-3-4-5-6-7-8-18(22)21-14-9-10-17-15(12-14)16(19)11-13(2)20-17/h9-12H,3-8H2,1-2H3,(H2,19,20)(H,21,22). The number of pyridine rings is 1. The first-order valence-electron chi connectivity index (χ1n) is 8.07. The number of nitrogens with zero attached hydrogens (tertiary/aromatic N) is 1. The van der Waals surface area contributed by atoms with Crippen LogP contribution < -0.4 is 11.1 Å². The average Bonchev–Trinajstić information content (AvgIpc) is 2.47.